The number of aromatic hydroxyl groups is 1. The summed E-state index contributed by atoms with van der Waals surface area (Å²) in [5, 5.41) is 11.2. The van der Waals surface area contributed by atoms with Crippen molar-refractivity contribution >= 4 is 35.2 Å². The summed E-state index contributed by atoms with van der Waals surface area (Å²) >= 11 is 5.50. The number of nitrogens with one attached hydrogen (secondary N) is 1. The number of phenolic OH excluding ortho intramolecular Hbond substituents is 1. The number of hydrogen-bond donors (Lipinski definition) is 2. The number of amides is 1. The van der Waals surface area contributed by atoms with Crippen LogP contribution in [0.25, 0.3) is 6.08 Å². The maximum absolute atomic E-state index is 12.8. The van der Waals surface area contributed by atoms with E-state index in [1.54, 1.807) is 0 Å². The number of carbonyl (C=O) groups excluding carboxylic acids is 2. The Morgan fingerprint density at radius 3 is 2.59 bits per heavy atom. The average Bonchev–Trinajstić information content (AvgIpc) is 2.66. The van der Waals surface area contributed by atoms with Crippen molar-refractivity contribution in [1.29, 1.82) is 0 Å². The molecular weight excluding hydrogens is 415 g/mol. The zero-order valence-electron chi connectivity index (χ0n) is 14.9. The molecule has 6 nitrogen and oxygen atoms in total. The van der Waals surface area contributed by atoms with Gasteiger partial charge in [0.2, 0.25) is 0 Å². The summed E-state index contributed by atoms with van der Waals surface area (Å²) in [5.41, 5.74) is -0.711. The highest BCUT2D eigenvalue weighted by Crippen LogP contribution is 2.36. The first-order valence-electron chi connectivity index (χ1n) is 7.98. The maximum atomic E-state index is 12.8. The van der Waals surface area contributed by atoms with Crippen LogP contribution in [-0.4, -0.2) is 30.7 Å². The molecule has 0 aliphatic heterocycles. The molecule has 0 fully saturated rings. The molecule has 0 spiro atoms. The molecule has 0 saturated carbocycles. The first-order valence-corrected chi connectivity index (χ1v) is 8.36. The molecule has 2 rings (SSSR count). The summed E-state index contributed by atoms with van der Waals surface area (Å²) in [6.45, 7) is -0.702. The Bertz CT molecular complexity index is 944. The predicted molar refractivity (Wildman–Crippen MR) is 99.7 cm³/mol. The zero-order chi connectivity index (χ0) is 21.6. The molecule has 0 aliphatic rings. The molecule has 0 radical (unpaired) electrons. The number of alkyl halides is 3. The highest BCUT2D eigenvalue weighted by atomic mass is 35.5. The molecule has 154 valence electrons. The van der Waals surface area contributed by atoms with E-state index in [-0.39, 0.29) is 17.2 Å². The molecule has 2 aromatic carbocycles. The third-order valence-corrected chi connectivity index (χ3v) is 3.85. The second kappa shape index (κ2) is 9.33. The quantitative estimate of drug-likeness (QED) is 0.529. The fourth-order valence-electron chi connectivity index (χ4n) is 2.16. The molecule has 0 saturated heterocycles. The third-order valence-electron chi connectivity index (χ3n) is 3.52. The van der Waals surface area contributed by atoms with Crippen LogP contribution < -0.4 is 10.1 Å². The Morgan fingerprint density at radius 2 is 1.93 bits per heavy atom. The van der Waals surface area contributed by atoms with E-state index >= 15 is 0 Å². The standard InChI is InChI=1S/C19H15ClF3NO5/c1-28-16-8-11(2-6-15(16)25)3-7-18(27)29-10-17(26)24-12-4-5-14(20)13(9-12)19(21,22)23/h2-9,25H,10H2,1H3,(H,24,26)/b7-3+. The number of hydrogen-bond acceptors (Lipinski definition) is 5. The zero-order valence-corrected chi connectivity index (χ0v) is 15.7. The molecule has 29 heavy (non-hydrogen) atoms. The van der Waals surface area contributed by atoms with Gasteiger partial charge in [-0.05, 0) is 42.0 Å². The monoisotopic (exact) mass is 429 g/mol. The van der Waals surface area contributed by atoms with E-state index in [0.29, 0.717) is 11.6 Å². The van der Waals surface area contributed by atoms with E-state index in [1.807, 2.05) is 0 Å². The van der Waals surface area contributed by atoms with E-state index < -0.39 is 35.2 Å². The van der Waals surface area contributed by atoms with E-state index in [4.69, 9.17) is 21.1 Å². The number of benzene rings is 2. The van der Waals surface area contributed by atoms with E-state index in [2.05, 4.69) is 5.32 Å². The number of anilines is 1. The SMILES string of the molecule is COc1cc(/C=C/C(=O)OCC(=O)Nc2ccc(Cl)c(C(F)(F)F)c2)ccc1O. The topological polar surface area (TPSA) is 84.9 Å². The molecule has 0 heterocycles. The molecule has 0 aliphatic carbocycles. The van der Waals surface area contributed by atoms with Crippen molar-refractivity contribution in [3.8, 4) is 11.5 Å². The van der Waals surface area contributed by atoms with Gasteiger partial charge in [-0.25, -0.2) is 4.79 Å². The summed E-state index contributed by atoms with van der Waals surface area (Å²) in [6.07, 6.45) is -2.26. The Labute approximate surface area is 168 Å². The molecule has 0 bridgehead atoms. The lowest BCUT2D eigenvalue weighted by atomic mass is 10.2. The van der Waals surface area contributed by atoms with E-state index in [9.17, 15) is 27.9 Å². The summed E-state index contributed by atoms with van der Waals surface area (Å²) in [7, 11) is 1.37. The van der Waals surface area contributed by atoms with Crippen LogP contribution in [0, 0.1) is 0 Å². The van der Waals surface area contributed by atoms with E-state index in [1.165, 1.54) is 37.5 Å². The van der Waals surface area contributed by atoms with Crippen molar-refractivity contribution in [2.45, 2.75) is 6.18 Å². The summed E-state index contributed by atoms with van der Waals surface area (Å²) in [6, 6.07) is 7.24. The first kappa shape index (κ1) is 22.1. The second-order valence-electron chi connectivity index (χ2n) is 5.61. The molecule has 0 unspecified atom stereocenters. The van der Waals surface area contributed by atoms with Crippen LogP contribution in [0.3, 0.4) is 0 Å². The molecule has 1 amide bonds. The molecule has 0 aromatic heterocycles. The summed E-state index contributed by atoms with van der Waals surface area (Å²) < 4.78 is 48.1. The normalized spacial score (nSPS) is 11.3. The Balaban J connectivity index is 1.91. The van der Waals surface area contributed by atoms with E-state index in [0.717, 1.165) is 12.1 Å². The van der Waals surface area contributed by atoms with Gasteiger partial charge in [0.1, 0.15) is 0 Å². The Kier molecular flexibility index (Phi) is 7.11. The lowest BCUT2D eigenvalue weighted by molar-refractivity contribution is -0.142. The smallest absolute Gasteiger partial charge is 0.417 e. The van der Waals surface area contributed by atoms with Crippen LogP contribution in [0.4, 0.5) is 18.9 Å². The van der Waals surface area contributed by atoms with Crippen LogP contribution in [0.15, 0.2) is 42.5 Å². The highest BCUT2D eigenvalue weighted by Gasteiger charge is 2.33. The van der Waals surface area contributed by atoms with Gasteiger partial charge >= 0.3 is 12.1 Å². The minimum atomic E-state index is -4.67. The fraction of sp³-hybridized carbons (Fsp3) is 0.158. The predicted octanol–water partition coefficient (Wildman–Crippen LogP) is 4.27. The Morgan fingerprint density at radius 1 is 1.21 bits per heavy atom. The van der Waals surface area contributed by atoms with Gasteiger partial charge in [-0.1, -0.05) is 17.7 Å². The number of halogens is 4. The molecule has 2 N–H and O–H groups in total. The van der Waals surface area contributed by atoms with Gasteiger partial charge in [0.15, 0.2) is 18.1 Å². The van der Waals surface area contributed by atoms with Crippen molar-refractivity contribution < 1.29 is 37.3 Å². The van der Waals surface area contributed by atoms with Gasteiger partial charge < -0.3 is 19.9 Å². The molecule has 10 heteroatoms. The number of phenols is 1. The average molecular weight is 430 g/mol. The van der Waals surface area contributed by atoms with Gasteiger partial charge in [-0.15, -0.1) is 0 Å². The summed E-state index contributed by atoms with van der Waals surface area (Å²) in [4.78, 5) is 23.5. The van der Waals surface area contributed by atoms with Crippen molar-refractivity contribution in [1.82, 2.24) is 0 Å². The van der Waals surface area contributed by atoms with Gasteiger partial charge in [0.25, 0.3) is 5.91 Å². The van der Waals surface area contributed by atoms with Crippen molar-refractivity contribution in [3.05, 3.63) is 58.6 Å². The Hall–Kier alpha value is -3.20. The fourth-order valence-corrected chi connectivity index (χ4v) is 2.39. The van der Waals surface area contributed by atoms with Gasteiger partial charge in [0, 0.05) is 11.8 Å². The molecule has 2 aromatic rings. The summed E-state index contributed by atoms with van der Waals surface area (Å²) in [5.74, 6) is -1.53. The number of carbonyl (C=O) groups is 2. The first-order chi connectivity index (χ1) is 13.6. The lowest BCUT2D eigenvalue weighted by Gasteiger charge is -2.11. The van der Waals surface area contributed by atoms with Crippen molar-refractivity contribution in [2.75, 3.05) is 19.0 Å². The van der Waals surface area contributed by atoms with Gasteiger partial charge in [-0.3, -0.25) is 4.79 Å². The van der Waals surface area contributed by atoms with Gasteiger partial charge in [-0.2, -0.15) is 13.2 Å². The van der Waals surface area contributed by atoms with Gasteiger partial charge in [0.05, 0.1) is 17.7 Å². The number of methoxy groups -OCH3 is 1. The second-order valence-corrected chi connectivity index (χ2v) is 6.02. The number of ether oxygens (including phenoxy) is 2. The maximum Gasteiger partial charge on any atom is 0.417 e. The van der Waals surface area contributed by atoms with Crippen LogP contribution in [0.5, 0.6) is 11.5 Å². The van der Waals surface area contributed by atoms with Crippen LogP contribution in [0.1, 0.15) is 11.1 Å². The molecule has 0 atom stereocenters. The number of esters is 1. The number of rotatable bonds is 6. The largest absolute Gasteiger partial charge is 0.504 e. The van der Waals surface area contributed by atoms with Crippen molar-refractivity contribution in [3.63, 3.8) is 0 Å². The minimum Gasteiger partial charge on any atom is -0.504 e. The van der Waals surface area contributed by atoms with Crippen LogP contribution in [-0.2, 0) is 20.5 Å². The van der Waals surface area contributed by atoms with Crippen LogP contribution >= 0.6 is 11.6 Å². The lowest BCUT2D eigenvalue weighted by Crippen LogP contribution is -2.20. The van der Waals surface area contributed by atoms with Crippen molar-refractivity contribution in [2.24, 2.45) is 0 Å². The third kappa shape index (κ3) is 6.42. The highest BCUT2D eigenvalue weighted by molar-refractivity contribution is 6.31. The minimum absolute atomic E-state index is 0.0697. The molecular formula is C19H15ClF3NO5. The van der Waals surface area contributed by atoms with Crippen LogP contribution in [0.2, 0.25) is 5.02 Å².